The van der Waals surface area contributed by atoms with Crippen LogP contribution in [0, 0.1) is 6.92 Å². The number of aromatic amines is 1. The minimum absolute atomic E-state index is 0.0736. The number of carbonyl (C=O) groups excluding carboxylic acids is 1. The standard InChI is InChI=1S/C21H20ClN3O3/c1-12-19-16(10-18(26)23-21(19)25-24-12)15-4-3-5-17(27-2)20(15)28-11-13-6-8-14(22)9-7-13/h3-9,16H,10-11H2,1-2H3,(H2,23,24,25,26)/t16-/m0/s1. The molecule has 1 amide bonds. The number of rotatable bonds is 5. The molecule has 4 rings (SSSR count). The van der Waals surface area contributed by atoms with Crippen molar-refractivity contribution in [3.05, 3.63) is 69.9 Å². The highest BCUT2D eigenvalue weighted by Crippen LogP contribution is 2.44. The van der Waals surface area contributed by atoms with Gasteiger partial charge in [-0.05, 0) is 30.7 Å². The lowest BCUT2D eigenvalue weighted by atomic mass is 9.85. The number of methoxy groups -OCH3 is 1. The number of benzene rings is 2. The topological polar surface area (TPSA) is 76.2 Å². The van der Waals surface area contributed by atoms with Crippen molar-refractivity contribution in [1.82, 2.24) is 10.2 Å². The van der Waals surface area contributed by atoms with Crippen molar-refractivity contribution in [2.75, 3.05) is 12.4 Å². The van der Waals surface area contributed by atoms with E-state index in [2.05, 4.69) is 15.5 Å². The molecule has 0 unspecified atom stereocenters. The molecular weight excluding hydrogens is 378 g/mol. The van der Waals surface area contributed by atoms with E-state index in [-0.39, 0.29) is 11.8 Å². The Morgan fingerprint density at radius 3 is 2.75 bits per heavy atom. The fourth-order valence-corrected chi connectivity index (χ4v) is 3.68. The average molecular weight is 398 g/mol. The monoisotopic (exact) mass is 397 g/mol. The van der Waals surface area contributed by atoms with Gasteiger partial charge in [-0.15, -0.1) is 0 Å². The van der Waals surface area contributed by atoms with E-state index in [9.17, 15) is 4.79 Å². The van der Waals surface area contributed by atoms with Crippen molar-refractivity contribution in [2.45, 2.75) is 25.9 Å². The largest absolute Gasteiger partial charge is 0.493 e. The summed E-state index contributed by atoms with van der Waals surface area (Å²) in [6, 6.07) is 13.2. The van der Waals surface area contributed by atoms with Crippen LogP contribution in [0.1, 0.15) is 34.7 Å². The fourth-order valence-electron chi connectivity index (χ4n) is 3.55. The molecule has 2 N–H and O–H groups in total. The van der Waals surface area contributed by atoms with Gasteiger partial charge in [-0.1, -0.05) is 35.9 Å². The first kappa shape index (κ1) is 18.4. The maximum absolute atomic E-state index is 12.2. The van der Waals surface area contributed by atoms with E-state index in [1.54, 1.807) is 7.11 Å². The molecule has 1 aliphatic heterocycles. The van der Waals surface area contributed by atoms with E-state index in [1.807, 2.05) is 49.4 Å². The number of aromatic nitrogens is 2. The van der Waals surface area contributed by atoms with Gasteiger partial charge in [0, 0.05) is 34.2 Å². The lowest BCUT2D eigenvalue weighted by Gasteiger charge is -2.25. The van der Waals surface area contributed by atoms with Gasteiger partial charge in [0.25, 0.3) is 0 Å². The van der Waals surface area contributed by atoms with E-state index in [0.717, 1.165) is 22.4 Å². The summed E-state index contributed by atoms with van der Waals surface area (Å²) in [4.78, 5) is 12.2. The predicted molar refractivity (Wildman–Crippen MR) is 107 cm³/mol. The van der Waals surface area contributed by atoms with Crippen molar-refractivity contribution < 1.29 is 14.3 Å². The Hall–Kier alpha value is -2.99. The van der Waals surface area contributed by atoms with Crippen LogP contribution in [0.15, 0.2) is 42.5 Å². The first-order chi connectivity index (χ1) is 13.6. The first-order valence-corrected chi connectivity index (χ1v) is 9.33. The zero-order valence-corrected chi connectivity index (χ0v) is 16.3. The maximum atomic E-state index is 12.2. The number of para-hydroxylation sites is 1. The number of hydrogen-bond acceptors (Lipinski definition) is 4. The van der Waals surface area contributed by atoms with Gasteiger partial charge in [0.2, 0.25) is 5.91 Å². The Morgan fingerprint density at radius 1 is 1.21 bits per heavy atom. The minimum Gasteiger partial charge on any atom is -0.493 e. The number of nitrogens with one attached hydrogen (secondary N) is 2. The lowest BCUT2D eigenvalue weighted by Crippen LogP contribution is -2.24. The molecule has 0 saturated carbocycles. The number of ether oxygens (including phenoxy) is 2. The highest BCUT2D eigenvalue weighted by atomic mass is 35.5. The smallest absolute Gasteiger partial charge is 0.226 e. The number of halogens is 1. The number of H-pyrrole nitrogens is 1. The number of nitrogens with zero attached hydrogens (tertiary/aromatic N) is 1. The molecule has 6 nitrogen and oxygen atoms in total. The zero-order chi connectivity index (χ0) is 19.7. The number of aryl methyl sites for hydroxylation is 1. The van der Waals surface area contributed by atoms with Crippen molar-refractivity contribution in [2.24, 2.45) is 0 Å². The third-order valence-electron chi connectivity index (χ3n) is 4.89. The van der Waals surface area contributed by atoms with E-state index >= 15 is 0 Å². The van der Waals surface area contributed by atoms with Crippen LogP contribution < -0.4 is 14.8 Å². The Kier molecular flexibility index (Phi) is 4.96. The van der Waals surface area contributed by atoms with Crippen molar-refractivity contribution in [3.63, 3.8) is 0 Å². The van der Waals surface area contributed by atoms with Gasteiger partial charge < -0.3 is 14.8 Å². The summed E-state index contributed by atoms with van der Waals surface area (Å²) in [5.74, 6) is 1.59. The summed E-state index contributed by atoms with van der Waals surface area (Å²) in [5.41, 5.74) is 3.78. The number of hydrogen-bond donors (Lipinski definition) is 2. The van der Waals surface area contributed by atoms with Gasteiger partial charge >= 0.3 is 0 Å². The minimum atomic E-state index is -0.169. The molecule has 0 bridgehead atoms. The third-order valence-corrected chi connectivity index (χ3v) is 5.14. The molecule has 2 aromatic carbocycles. The van der Waals surface area contributed by atoms with Gasteiger partial charge in [0.15, 0.2) is 17.3 Å². The highest BCUT2D eigenvalue weighted by Gasteiger charge is 2.33. The Labute approximate surface area is 167 Å². The quantitative estimate of drug-likeness (QED) is 0.667. The fraction of sp³-hybridized carbons (Fsp3) is 0.238. The molecule has 0 saturated heterocycles. The molecule has 1 aromatic heterocycles. The van der Waals surface area contributed by atoms with Crippen LogP contribution in [0.5, 0.6) is 11.5 Å². The number of amides is 1. The predicted octanol–water partition coefficient (Wildman–Crippen LogP) is 4.43. The van der Waals surface area contributed by atoms with Crippen LogP contribution in [-0.2, 0) is 11.4 Å². The summed E-state index contributed by atoms with van der Waals surface area (Å²) >= 11 is 5.96. The third kappa shape index (κ3) is 3.43. The van der Waals surface area contributed by atoms with E-state index in [4.69, 9.17) is 21.1 Å². The molecule has 1 atom stereocenters. The van der Waals surface area contributed by atoms with Gasteiger partial charge in [-0.25, -0.2) is 0 Å². The van der Waals surface area contributed by atoms with Gasteiger partial charge in [0.05, 0.1) is 7.11 Å². The van der Waals surface area contributed by atoms with Crippen LogP contribution in [0.25, 0.3) is 0 Å². The normalized spacial score (nSPS) is 15.7. The van der Waals surface area contributed by atoms with Crippen LogP contribution in [-0.4, -0.2) is 23.2 Å². The SMILES string of the molecule is COc1cccc([C@@H]2CC(=O)Nc3n[nH]c(C)c32)c1OCc1ccc(Cl)cc1. The Morgan fingerprint density at radius 2 is 2.00 bits per heavy atom. The van der Waals surface area contributed by atoms with Gasteiger partial charge in [0.1, 0.15) is 6.61 Å². The zero-order valence-electron chi connectivity index (χ0n) is 15.6. The Balaban J connectivity index is 1.72. The van der Waals surface area contributed by atoms with Crippen molar-refractivity contribution in [3.8, 4) is 11.5 Å². The van der Waals surface area contributed by atoms with E-state index < -0.39 is 0 Å². The molecule has 7 heteroatoms. The molecule has 144 valence electrons. The highest BCUT2D eigenvalue weighted by molar-refractivity contribution is 6.30. The summed E-state index contributed by atoms with van der Waals surface area (Å²) in [5, 5.41) is 10.7. The second kappa shape index (κ2) is 7.56. The molecule has 2 heterocycles. The Bertz CT molecular complexity index is 1010. The van der Waals surface area contributed by atoms with Crippen molar-refractivity contribution in [1.29, 1.82) is 0 Å². The molecule has 1 aliphatic rings. The van der Waals surface area contributed by atoms with Gasteiger partial charge in [-0.3, -0.25) is 9.89 Å². The van der Waals surface area contributed by atoms with Crippen LogP contribution in [0.4, 0.5) is 5.82 Å². The molecule has 28 heavy (non-hydrogen) atoms. The second-order valence-corrected chi connectivity index (χ2v) is 7.15. The summed E-state index contributed by atoms with van der Waals surface area (Å²) < 4.78 is 11.7. The first-order valence-electron chi connectivity index (χ1n) is 8.95. The molecule has 0 aliphatic carbocycles. The molecular formula is C21H20ClN3O3. The molecule has 0 radical (unpaired) electrons. The number of fused-ring (bicyclic) bond motifs is 1. The molecule has 3 aromatic rings. The van der Waals surface area contributed by atoms with Crippen LogP contribution in [0.3, 0.4) is 0 Å². The molecule has 0 fully saturated rings. The molecule has 0 spiro atoms. The number of anilines is 1. The van der Waals surface area contributed by atoms with Crippen molar-refractivity contribution >= 4 is 23.3 Å². The lowest BCUT2D eigenvalue weighted by molar-refractivity contribution is -0.116. The maximum Gasteiger partial charge on any atom is 0.226 e. The second-order valence-electron chi connectivity index (χ2n) is 6.71. The summed E-state index contributed by atoms with van der Waals surface area (Å²) in [7, 11) is 1.61. The number of carbonyl (C=O) groups is 1. The average Bonchev–Trinajstić information content (AvgIpc) is 3.07. The summed E-state index contributed by atoms with van der Waals surface area (Å²) in [6.45, 7) is 2.31. The van der Waals surface area contributed by atoms with Gasteiger partial charge in [-0.2, -0.15) is 5.10 Å². The van der Waals surface area contributed by atoms with E-state index in [1.165, 1.54) is 0 Å². The van der Waals surface area contributed by atoms with Crippen LogP contribution in [0.2, 0.25) is 5.02 Å². The summed E-state index contributed by atoms with van der Waals surface area (Å²) in [6.07, 6.45) is 0.317. The van der Waals surface area contributed by atoms with Crippen LogP contribution >= 0.6 is 11.6 Å². The van der Waals surface area contributed by atoms with E-state index in [0.29, 0.717) is 35.4 Å².